The van der Waals surface area contributed by atoms with Gasteiger partial charge in [-0.2, -0.15) is 0 Å². The average Bonchev–Trinajstić information content (AvgIpc) is 2.89. The molecule has 1 aliphatic heterocycles. The van der Waals surface area contributed by atoms with Gasteiger partial charge in [0, 0.05) is 31.2 Å². The Balaban J connectivity index is 1.50. The minimum Gasteiger partial charge on any atom is -0.469 e. The van der Waals surface area contributed by atoms with Crippen molar-refractivity contribution in [1.82, 2.24) is 10.2 Å². The molecule has 0 unspecified atom stereocenters. The Morgan fingerprint density at radius 3 is 2.52 bits per heavy atom. The summed E-state index contributed by atoms with van der Waals surface area (Å²) in [4.78, 5) is 14.9. The zero-order chi connectivity index (χ0) is 16.2. The second kappa shape index (κ2) is 7.01. The molecule has 2 heterocycles. The van der Waals surface area contributed by atoms with Crippen LogP contribution in [0.15, 0.2) is 41.0 Å². The number of amides is 1. The molecule has 1 aliphatic rings. The maximum absolute atomic E-state index is 12.4. The van der Waals surface area contributed by atoms with Gasteiger partial charge in [-0.15, -0.1) is 0 Å². The van der Waals surface area contributed by atoms with Crippen LogP contribution >= 0.6 is 0 Å². The smallest absolute Gasteiger partial charge is 0.255 e. The summed E-state index contributed by atoms with van der Waals surface area (Å²) in [5.74, 6) is 0.691. The SMILES string of the molecule is Cc1coc(C)c1C(=O)NC1CCN(Cc2ccccc2)CC1. The first-order valence-electron chi connectivity index (χ1n) is 8.25. The van der Waals surface area contributed by atoms with Crippen LogP contribution in [-0.2, 0) is 6.54 Å². The van der Waals surface area contributed by atoms with Crippen molar-refractivity contribution >= 4 is 5.91 Å². The monoisotopic (exact) mass is 312 g/mol. The van der Waals surface area contributed by atoms with Crippen LogP contribution in [-0.4, -0.2) is 29.9 Å². The fourth-order valence-electron chi connectivity index (χ4n) is 3.25. The molecule has 23 heavy (non-hydrogen) atoms. The largest absolute Gasteiger partial charge is 0.469 e. The van der Waals surface area contributed by atoms with Crippen LogP contribution < -0.4 is 5.32 Å². The first-order chi connectivity index (χ1) is 11.1. The number of hydrogen-bond acceptors (Lipinski definition) is 3. The highest BCUT2D eigenvalue weighted by molar-refractivity contribution is 5.96. The van der Waals surface area contributed by atoms with Gasteiger partial charge >= 0.3 is 0 Å². The third kappa shape index (κ3) is 3.82. The third-order valence-corrected chi connectivity index (χ3v) is 4.56. The lowest BCUT2D eigenvalue weighted by Crippen LogP contribution is -2.44. The lowest BCUT2D eigenvalue weighted by Gasteiger charge is -2.32. The molecule has 1 saturated heterocycles. The van der Waals surface area contributed by atoms with Crippen molar-refractivity contribution in [1.29, 1.82) is 0 Å². The van der Waals surface area contributed by atoms with Crippen molar-refractivity contribution in [2.75, 3.05) is 13.1 Å². The van der Waals surface area contributed by atoms with Gasteiger partial charge in [0.15, 0.2) is 0 Å². The molecule has 1 N–H and O–H groups in total. The summed E-state index contributed by atoms with van der Waals surface area (Å²) in [6, 6.07) is 10.8. The van der Waals surface area contributed by atoms with Crippen LogP contribution in [0.25, 0.3) is 0 Å². The summed E-state index contributed by atoms with van der Waals surface area (Å²) in [5, 5.41) is 3.16. The second-order valence-corrected chi connectivity index (χ2v) is 6.36. The van der Waals surface area contributed by atoms with Crippen molar-refractivity contribution in [3.05, 3.63) is 59.0 Å². The standard InChI is InChI=1S/C19H24N2O2/c1-14-13-23-15(2)18(14)19(22)20-17-8-10-21(11-9-17)12-16-6-4-3-5-7-16/h3-7,13,17H,8-12H2,1-2H3,(H,20,22). The number of aryl methyl sites for hydroxylation is 2. The van der Waals surface area contributed by atoms with E-state index in [1.807, 2.05) is 19.9 Å². The number of carbonyl (C=O) groups excluding carboxylic acids is 1. The molecule has 1 aromatic carbocycles. The highest BCUT2D eigenvalue weighted by Crippen LogP contribution is 2.18. The molecule has 2 aromatic rings. The van der Waals surface area contributed by atoms with Crippen molar-refractivity contribution < 1.29 is 9.21 Å². The molecule has 0 saturated carbocycles. The summed E-state index contributed by atoms with van der Waals surface area (Å²) >= 11 is 0. The van der Waals surface area contributed by atoms with E-state index in [9.17, 15) is 4.79 Å². The predicted octanol–water partition coefficient (Wildman–Crippen LogP) is 3.29. The van der Waals surface area contributed by atoms with Crippen LogP contribution in [0.3, 0.4) is 0 Å². The van der Waals surface area contributed by atoms with E-state index in [0.29, 0.717) is 11.3 Å². The molecule has 4 nitrogen and oxygen atoms in total. The fourth-order valence-corrected chi connectivity index (χ4v) is 3.25. The first-order valence-corrected chi connectivity index (χ1v) is 8.25. The number of rotatable bonds is 4. The van der Waals surface area contributed by atoms with Crippen molar-refractivity contribution in [2.45, 2.75) is 39.3 Å². The number of hydrogen-bond donors (Lipinski definition) is 1. The van der Waals surface area contributed by atoms with E-state index in [2.05, 4.69) is 34.5 Å². The molecular weight excluding hydrogens is 288 g/mol. The topological polar surface area (TPSA) is 45.5 Å². The number of nitrogens with zero attached hydrogens (tertiary/aromatic N) is 1. The van der Waals surface area contributed by atoms with Gasteiger partial charge in [-0.05, 0) is 32.3 Å². The quantitative estimate of drug-likeness (QED) is 0.942. The van der Waals surface area contributed by atoms with Gasteiger partial charge in [-0.25, -0.2) is 0 Å². The molecule has 1 aromatic heterocycles. The minimum atomic E-state index is -0.00439. The zero-order valence-electron chi connectivity index (χ0n) is 13.8. The van der Waals surface area contributed by atoms with Crippen LogP contribution in [0.5, 0.6) is 0 Å². The summed E-state index contributed by atoms with van der Waals surface area (Å²) in [7, 11) is 0. The Hall–Kier alpha value is -2.07. The Bertz CT molecular complexity index is 636. The van der Waals surface area contributed by atoms with Crippen molar-refractivity contribution in [3.8, 4) is 0 Å². The second-order valence-electron chi connectivity index (χ2n) is 6.36. The molecule has 1 amide bonds. The molecule has 0 spiro atoms. The van der Waals surface area contributed by atoms with Gasteiger partial charge < -0.3 is 9.73 Å². The van der Waals surface area contributed by atoms with Gasteiger partial charge in [0.2, 0.25) is 0 Å². The lowest BCUT2D eigenvalue weighted by molar-refractivity contribution is 0.0907. The zero-order valence-corrected chi connectivity index (χ0v) is 13.8. The van der Waals surface area contributed by atoms with Gasteiger partial charge in [0.1, 0.15) is 5.76 Å². The fraction of sp³-hybridized carbons (Fsp3) is 0.421. The van der Waals surface area contributed by atoms with Crippen molar-refractivity contribution in [2.24, 2.45) is 0 Å². The summed E-state index contributed by atoms with van der Waals surface area (Å²) < 4.78 is 5.32. The van der Waals surface area contributed by atoms with Crippen LogP contribution in [0, 0.1) is 13.8 Å². The van der Waals surface area contributed by atoms with Gasteiger partial charge in [0.05, 0.1) is 11.8 Å². The molecule has 1 fully saturated rings. The number of piperidine rings is 1. The van der Waals surface area contributed by atoms with E-state index in [1.54, 1.807) is 6.26 Å². The Morgan fingerprint density at radius 2 is 1.91 bits per heavy atom. The molecule has 0 aliphatic carbocycles. The lowest BCUT2D eigenvalue weighted by atomic mass is 10.0. The van der Waals surface area contributed by atoms with Crippen molar-refractivity contribution in [3.63, 3.8) is 0 Å². The number of likely N-dealkylation sites (tertiary alicyclic amines) is 1. The summed E-state index contributed by atoms with van der Waals surface area (Å²) in [5.41, 5.74) is 2.94. The first kappa shape index (κ1) is 15.8. The van der Waals surface area contributed by atoms with E-state index in [1.165, 1.54) is 5.56 Å². The Morgan fingerprint density at radius 1 is 1.22 bits per heavy atom. The number of nitrogens with one attached hydrogen (secondary N) is 1. The van der Waals surface area contributed by atoms with Crippen LogP contribution in [0.4, 0.5) is 0 Å². The molecule has 0 atom stereocenters. The number of furan rings is 1. The molecular formula is C19H24N2O2. The molecule has 0 bridgehead atoms. The summed E-state index contributed by atoms with van der Waals surface area (Å²) in [6.45, 7) is 6.77. The highest BCUT2D eigenvalue weighted by Gasteiger charge is 2.23. The maximum atomic E-state index is 12.4. The van der Waals surface area contributed by atoms with E-state index in [-0.39, 0.29) is 11.9 Å². The summed E-state index contributed by atoms with van der Waals surface area (Å²) in [6.07, 6.45) is 3.63. The van der Waals surface area contributed by atoms with Gasteiger partial charge in [-0.3, -0.25) is 9.69 Å². The average molecular weight is 312 g/mol. The van der Waals surface area contributed by atoms with Gasteiger partial charge in [-0.1, -0.05) is 30.3 Å². The molecule has 122 valence electrons. The van der Waals surface area contributed by atoms with E-state index in [4.69, 9.17) is 4.42 Å². The number of benzene rings is 1. The Labute approximate surface area is 137 Å². The van der Waals surface area contributed by atoms with Crippen LogP contribution in [0.2, 0.25) is 0 Å². The predicted molar refractivity (Wildman–Crippen MR) is 90.4 cm³/mol. The third-order valence-electron chi connectivity index (χ3n) is 4.56. The van der Waals surface area contributed by atoms with Gasteiger partial charge in [0.25, 0.3) is 5.91 Å². The minimum absolute atomic E-state index is 0.00439. The van der Waals surface area contributed by atoms with E-state index in [0.717, 1.165) is 38.0 Å². The normalized spacial score (nSPS) is 16.4. The van der Waals surface area contributed by atoms with E-state index >= 15 is 0 Å². The molecule has 0 radical (unpaired) electrons. The number of carbonyl (C=O) groups is 1. The van der Waals surface area contributed by atoms with Crippen LogP contribution in [0.1, 0.15) is 40.1 Å². The Kier molecular flexibility index (Phi) is 4.82. The van der Waals surface area contributed by atoms with E-state index < -0.39 is 0 Å². The highest BCUT2D eigenvalue weighted by atomic mass is 16.3. The maximum Gasteiger partial charge on any atom is 0.255 e. The molecule has 4 heteroatoms. The molecule has 3 rings (SSSR count).